The fourth-order valence-corrected chi connectivity index (χ4v) is 1.41. The van der Waals surface area contributed by atoms with Gasteiger partial charge in [-0.1, -0.05) is 56.3 Å². The van der Waals surface area contributed by atoms with E-state index in [0.29, 0.717) is 0 Å². The third-order valence-electron chi connectivity index (χ3n) is 2.20. The van der Waals surface area contributed by atoms with Crippen LogP contribution in [0.3, 0.4) is 0 Å². The van der Waals surface area contributed by atoms with Crippen molar-refractivity contribution in [3.63, 3.8) is 0 Å². The monoisotopic (exact) mass is 214 g/mol. The first-order valence-corrected chi connectivity index (χ1v) is 5.59. The van der Waals surface area contributed by atoms with Gasteiger partial charge in [0, 0.05) is 0 Å². The maximum atomic E-state index is 5.11. The number of ether oxygens (including phenoxy) is 1. The highest BCUT2D eigenvalue weighted by atomic mass is 16.5. The van der Waals surface area contributed by atoms with Crippen molar-refractivity contribution >= 4 is 0 Å². The van der Waals surface area contributed by atoms with Gasteiger partial charge < -0.3 is 4.74 Å². The lowest BCUT2D eigenvalue weighted by Gasteiger charge is -2.02. The molecule has 2 rings (SSSR count). The third-order valence-corrected chi connectivity index (χ3v) is 2.20. The summed E-state index contributed by atoms with van der Waals surface area (Å²) in [4.78, 5) is 0. The van der Waals surface area contributed by atoms with Crippen LogP contribution >= 0.6 is 0 Å². The van der Waals surface area contributed by atoms with Gasteiger partial charge in [0.1, 0.15) is 5.75 Å². The zero-order valence-corrected chi connectivity index (χ0v) is 10.1. The Labute approximate surface area is 97.7 Å². The Hall–Kier alpha value is -1.76. The van der Waals surface area contributed by atoms with Crippen molar-refractivity contribution in [2.45, 2.75) is 13.8 Å². The van der Waals surface area contributed by atoms with E-state index in [1.807, 2.05) is 44.2 Å². The van der Waals surface area contributed by atoms with Crippen LogP contribution in [0.5, 0.6) is 5.75 Å². The summed E-state index contributed by atoms with van der Waals surface area (Å²) in [5, 5.41) is 0. The Bertz CT molecular complexity index is 390. The molecule has 0 radical (unpaired) electrons. The third kappa shape index (κ3) is 3.13. The fraction of sp³-hybridized carbons (Fsp3) is 0.200. The molecule has 0 amide bonds. The molecule has 0 atom stereocenters. The maximum absolute atomic E-state index is 5.11. The van der Waals surface area contributed by atoms with Crippen molar-refractivity contribution in [1.82, 2.24) is 0 Å². The highest BCUT2D eigenvalue weighted by Gasteiger charge is 1.95. The van der Waals surface area contributed by atoms with Crippen LogP contribution in [0.25, 0.3) is 11.1 Å². The van der Waals surface area contributed by atoms with Gasteiger partial charge in [0.2, 0.25) is 0 Å². The minimum absolute atomic E-state index is 0.893. The highest BCUT2D eigenvalue weighted by Crippen LogP contribution is 2.21. The molecule has 0 saturated heterocycles. The van der Waals surface area contributed by atoms with Crippen molar-refractivity contribution < 1.29 is 4.74 Å². The van der Waals surface area contributed by atoms with E-state index in [2.05, 4.69) is 24.3 Å². The summed E-state index contributed by atoms with van der Waals surface area (Å²) < 4.78 is 5.11. The second-order valence-corrected chi connectivity index (χ2v) is 3.09. The Kier molecular flexibility index (Phi) is 5.13. The van der Waals surface area contributed by atoms with E-state index < -0.39 is 0 Å². The molecular weight excluding hydrogens is 196 g/mol. The Morgan fingerprint density at radius 2 is 1.19 bits per heavy atom. The number of rotatable bonds is 2. The zero-order chi connectivity index (χ0) is 11.8. The number of hydrogen-bond donors (Lipinski definition) is 0. The molecule has 0 aliphatic heterocycles. The van der Waals surface area contributed by atoms with Crippen molar-refractivity contribution in [3.8, 4) is 16.9 Å². The molecule has 84 valence electrons. The smallest absolute Gasteiger partial charge is 0.118 e. The number of hydrogen-bond acceptors (Lipinski definition) is 1. The van der Waals surface area contributed by atoms with Crippen LogP contribution in [0.4, 0.5) is 0 Å². The van der Waals surface area contributed by atoms with Crippen molar-refractivity contribution in [2.24, 2.45) is 0 Å². The summed E-state index contributed by atoms with van der Waals surface area (Å²) in [5.74, 6) is 0.893. The van der Waals surface area contributed by atoms with Crippen LogP contribution in [-0.2, 0) is 0 Å². The van der Waals surface area contributed by atoms with Crippen molar-refractivity contribution in [3.05, 3.63) is 54.6 Å². The Balaban J connectivity index is 0.000000606. The predicted molar refractivity (Wildman–Crippen MR) is 69.8 cm³/mol. The molecule has 1 heteroatoms. The molecule has 0 spiro atoms. The second-order valence-electron chi connectivity index (χ2n) is 3.09. The molecule has 0 N–H and O–H groups in total. The van der Waals surface area contributed by atoms with Gasteiger partial charge in [-0.15, -0.1) is 0 Å². The van der Waals surface area contributed by atoms with Crippen LogP contribution in [0.15, 0.2) is 54.6 Å². The van der Waals surface area contributed by atoms with E-state index in [1.165, 1.54) is 11.1 Å². The molecule has 0 fully saturated rings. The van der Waals surface area contributed by atoms with Gasteiger partial charge >= 0.3 is 0 Å². The van der Waals surface area contributed by atoms with E-state index >= 15 is 0 Å². The first-order chi connectivity index (χ1) is 7.90. The normalized spacial score (nSPS) is 8.94. The standard InChI is InChI=1S/C13H12O.C2H6/c1-14-13-9-7-12(8-10-13)11-5-3-2-4-6-11;1-2/h2-10H,1H3;1-2H3. The quantitative estimate of drug-likeness (QED) is 0.720. The molecule has 0 heterocycles. The second kappa shape index (κ2) is 6.67. The lowest BCUT2D eigenvalue weighted by molar-refractivity contribution is 0.415. The van der Waals surface area contributed by atoms with E-state index in [4.69, 9.17) is 4.74 Å². The van der Waals surface area contributed by atoms with Gasteiger partial charge in [0.25, 0.3) is 0 Å². The van der Waals surface area contributed by atoms with E-state index in [9.17, 15) is 0 Å². The van der Waals surface area contributed by atoms with Crippen molar-refractivity contribution in [2.75, 3.05) is 7.11 Å². The minimum Gasteiger partial charge on any atom is -0.497 e. The molecular formula is C15H18O. The van der Waals surface area contributed by atoms with Gasteiger partial charge in [-0.05, 0) is 23.3 Å². The summed E-state index contributed by atoms with van der Waals surface area (Å²) in [6.45, 7) is 4.00. The molecule has 2 aromatic rings. The van der Waals surface area contributed by atoms with Gasteiger partial charge in [-0.3, -0.25) is 0 Å². The number of benzene rings is 2. The van der Waals surface area contributed by atoms with Crippen LogP contribution in [0.1, 0.15) is 13.8 Å². The van der Waals surface area contributed by atoms with E-state index in [1.54, 1.807) is 7.11 Å². The molecule has 0 aromatic heterocycles. The molecule has 0 unspecified atom stereocenters. The molecule has 0 saturated carbocycles. The Morgan fingerprint density at radius 3 is 1.69 bits per heavy atom. The molecule has 0 aliphatic carbocycles. The zero-order valence-electron chi connectivity index (χ0n) is 10.1. The molecule has 2 aromatic carbocycles. The average molecular weight is 214 g/mol. The van der Waals surface area contributed by atoms with Crippen LogP contribution in [0, 0.1) is 0 Å². The first-order valence-electron chi connectivity index (χ1n) is 5.59. The highest BCUT2D eigenvalue weighted by molar-refractivity contribution is 5.63. The van der Waals surface area contributed by atoms with Crippen molar-refractivity contribution in [1.29, 1.82) is 0 Å². The lowest BCUT2D eigenvalue weighted by atomic mass is 10.1. The maximum Gasteiger partial charge on any atom is 0.118 e. The summed E-state index contributed by atoms with van der Waals surface area (Å²) in [6, 6.07) is 18.4. The largest absolute Gasteiger partial charge is 0.497 e. The van der Waals surface area contributed by atoms with Crippen LogP contribution < -0.4 is 4.74 Å². The van der Waals surface area contributed by atoms with Gasteiger partial charge in [0.15, 0.2) is 0 Å². The summed E-state index contributed by atoms with van der Waals surface area (Å²) in [5.41, 5.74) is 2.45. The van der Waals surface area contributed by atoms with Gasteiger partial charge in [-0.25, -0.2) is 0 Å². The Morgan fingerprint density at radius 1 is 0.688 bits per heavy atom. The molecule has 16 heavy (non-hydrogen) atoms. The summed E-state index contributed by atoms with van der Waals surface area (Å²) >= 11 is 0. The SMILES string of the molecule is CC.COc1ccc(-c2ccccc2)cc1. The van der Waals surface area contributed by atoms with Crippen LogP contribution in [0.2, 0.25) is 0 Å². The fourth-order valence-electron chi connectivity index (χ4n) is 1.41. The lowest BCUT2D eigenvalue weighted by Crippen LogP contribution is -1.82. The molecule has 0 bridgehead atoms. The van der Waals surface area contributed by atoms with Gasteiger partial charge in [-0.2, -0.15) is 0 Å². The predicted octanol–water partition coefficient (Wildman–Crippen LogP) is 4.39. The van der Waals surface area contributed by atoms with Crippen LogP contribution in [-0.4, -0.2) is 7.11 Å². The molecule has 1 nitrogen and oxygen atoms in total. The van der Waals surface area contributed by atoms with Gasteiger partial charge in [0.05, 0.1) is 7.11 Å². The van der Waals surface area contributed by atoms with E-state index in [0.717, 1.165) is 5.75 Å². The topological polar surface area (TPSA) is 9.23 Å². The summed E-state index contributed by atoms with van der Waals surface area (Å²) in [7, 11) is 1.68. The minimum atomic E-state index is 0.893. The van der Waals surface area contributed by atoms with E-state index in [-0.39, 0.29) is 0 Å². The summed E-state index contributed by atoms with van der Waals surface area (Å²) in [6.07, 6.45) is 0. The first kappa shape index (κ1) is 12.3. The average Bonchev–Trinajstić information content (AvgIpc) is 2.42. The molecule has 0 aliphatic rings. The number of methoxy groups -OCH3 is 1.